The Balaban J connectivity index is 2.01. The van der Waals surface area contributed by atoms with E-state index < -0.39 is 0 Å². The quantitative estimate of drug-likeness (QED) is 0.592. The van der Waals surface area contributed by atoms with Gasteiger partial charge < -0.3 is 10.1 Å². The Morgan fingerprint density at radius 3 is 2.39 bits per heavy atom. The Bertz CT molecular complexity index is 178. The highest BCUT2D eigenvalue weighted by atomic mass is 16.5. The number of rotatable bonds is 10. The summed E-state index contributed by atoms with van der Waals surface area (Å²) in [5, 5.41) is 3.51. The summed E-state index contributed by atoms with van der Waals surface area (Å²) in [4.78, 5) is 0. The molecule has 0 aromatic rings. The molecule has 1 rings (SSSR count). The first-order valence-corrected chi connectivity index (χ1v) is 8.11. The van der Waals surface area contributed by atoms with Gasteiger partial charge in [0.2, 0.25) is 0 Å². The summed E-state index contributed by atoms with van der Waals surface area (Å²) < 4.78 is 5.43. The van der Waals surface area contributed by atoms with Gasteiger partial charge in [-0.1, -0.05) is 45.4 Å². The van der Waals surface area contributed by atoms with E-state index in [1.54, 1.807) is 0 Å². The van der Waals surface area contributed by atoms with Gasteiger partial charge in [0.25, 0.3) is 0 Å². The van der Waals surface area contributed by atoms with Gasteiger partial charge in [-0.2, -0.15) is 0 Å². The monoisotopic (exact) mass is 255 g/mol. The predicted octanol–water partition coefficient (Wildman–Crippen LogP) is 4.14. The van der Waals surface area contributed by atoms with Crippen molar-refractivity contribution in [1.82, 2.24) is 5.32 Å². The van der Waals surface area contributed by atoms with Crippen LogP contribution >= 0.6 is 0 Å². The molecule has 2 heteroatoms. The van der Waals surface area contributed by atoms with Crippen molar-refractivity contribution in [3.8, 4) is 0 Å². The number of unbranched alkanes of at least 4 members (excludes halogenated alkanes) is 5. The molecule has 2 nitrogen and oxygen atoms in total. The summed E-state index contributed by atoms with van der Waals surface area (Å²) in [6, 6.07) is 0.735. The van der Waals surface area contributed by atoms with E-state index in [1.165, 1.54) is 64.2 Å². The Kier molecular flexibility index (Phi) is 9.59. The normalized spacial score (nSPS) is 19.0. The fourth-order valence-electron chi connectivity index (χ4n) is 2.94. The maximum absolute atomic E-state index is 5.43. The van der Waals surface area contributed by atoms with Gasteiger partial charge >= 0.3 is 0 Å². The summed E-state index contributed by atoms with van der Waals surface area (Å²) >= 11 is 0. The number of hydrogen-bond acceptors (Lipinski definition) is 2. The molecule has 0 saturated carbocycles. The van der Waals surface area contributed by atoms with Gasteiger partial charge in [-0.15, -0.1) is 0 Å². The zero-order chi connectivity index (χ0) is 13.1. The Hall–Kier alpha value is -0.0800. The molecule has 0 aromatic heterocycles. The molecule has 0 spiro atoms. The zero-order valence-electron chi connectivity index (χ0n) is 12.5. The van der Waals surface area contributed by atoms with Crippen LogP contribution in [-0.4, -0.2) is 26.3 Å². The SMILES string of the molecule is CCCCCCCCC(CC1CCOCC1)NC. The molecule has 108 valence electrons. The van der Waals surface area contributed by atoms with Crippen molar-refractivity contribution in [3.63, 3.8) is 0 Å². The topological polar surface area (TPSA) is 21.3 Å². The van der Waals surface area contributed by atoms with Crippen LogP contribution in [0.5, 0.6) is 0 Å². The molecule has 1 atom stereocenters. The molecule has 0 aliphatic carbocycles. The minimum Gasteiger partial charge on any atom is -0.381 e. The lowest BCUT2D eigenvalue weighted by Gasteiger charge is -2.26. The molecule has 0 amide bonds. The Morgan fingerprint density at radius 1 is 1.06 bits per heavy atom. The summed E-state index contributed by atoms with van der Waals surface area (Å²) in [6.07, 6.45) is 13.7. The van der Waals surface area contributed by atoms with Crippen molar-refractivity contribution >= 4 is 0 Å². The highest BCUT2D eigenvalue weighted by molar-refractivity contribution is 4.72. The standard InChI is InChI=1S/C16H33NO/c1-3-4-5-6-7-8-9-16(17-2)14-15-10-12-18-13-11-15/h15-17H,3-14H2,1-2H3. The first-order valence-electron chi connectivity index (χ1n) is 8.11. The van der Waals surface area contributed by atoms with Crippen LogP contribution in [-0.2, 0) is 4.74 Å². The molecule has 1 N–H and O–H groups in total. The van der Waals surface area contributed by atoms with Crippen LogP contribution in [0.25, 0.3) is 0 Å². The van der Waals surface area contributed by atoms with E-state index in [0.29, 0.717) is 0 Å². The number of hydrogen-bond donors (Lipinski definition) is 1. The fourth-order valence-corrected chi connectivity index (χ4v) is 2.94. The van der Waals surface area contributed by atoms with E-state index in [2.05, 4.69) is 19.3 Å². The number of nitrogens with one attached hydrogen (secondary N) is 1. The summed E-state index contributed by atoms with van der Waals surface area (Å²) in [5.41, 5.74) is 0. The first kappa shape index (κ1) is 16.0. The molecular weight excluding hydrogens is 222 g/mol. The number of ether oxygens (including phenoxy) is 1. The summed E-state index contributed by atoms with van der Waals surface area (Å²) in [7, 11) is 2.13. The lowest BCUT2D eigenvalue weighted by molar-refractivity contribution is 0.0604. The van der Waals surface area contributed by atoms with Crippen LogP contribution in [0.4, 0.5) is 0 Å². The molecule has 0 radical (unpaired) electrons. The smallest absolute Gasteiger partial charge is 0.0468 e. The van der Waals surface area contributed by atoms with E-state index in [4.69, 9.17) is 4.74 Å². The van der Waals surface area contributed by atoms with Crippen molar-refractivity contribution in [2.24, 2.45) is 5.92 Å². The second kappa shape index (κ2) is 10.8. The maximum atomic E-state index is 5.43. The molecule has 0 aromatic carbocycles. The van der Waals surface area contributed by atoms with Crippen molar-refractivity contribution in [2.75, 3.05) is 20.3 Å². The van der Waals surface area contributed by atoms with E-state index in [1.807, 2.05) is 0 Å². The lowest BCUT2D eigenvalue weighted by Crippen LogP contribution is -2.30. The minimum absolute atomic E-state index is 0.735. The van der Waals surface area contributed by atoms with E-state index in [0.717, 1.165) is 25.2 Å². The van der Waals surface area contributed by atoms with Gasteiger partial charge in [-0.3, -0.25) is 0 Å². The van der Waals surface area contributed by atoms with Crippen molar-refractivity contribution in [3.05, 3.63) is 0 Å². The highest BCUT2D eigenvalue weighted by Crippen LogP contribution is 2.22. The van der Waals surface area contributed by atoms with Gasteiger partial charge in [-0.25, -0.2) is 0 Å². The largest absolute Gasteiger partial charge is 0.381 e. The average molecular weight is 255 g/mol. The highest BCUT2D eigenvalue weighted by Gasteiger charge is 2.17. The maximum Gasteiger partial charge on any atom is 0.0468 e. The minimum atomic E-state index is 0.735. The van der Waals surface area contributed by atoms with Crippen LogP contribution in [0.3, 0.4) is 0 Å². The van der Waals surface area contributed by atoms with Gasteiger partial charge in [0.1, 0.15) is 0 Å². The fraction of sp³-hybridized carbons (Fsp3) is 1.00. The first-order chi connectivity index (χ1) is 8.86. The Labute approximate surface area is 114 Å². The van der Waals surface area contributed by atoms with Gasteiger partial charge in [0, 0.05) is 19.3 Å². The molecule has 18 heavy (non-hydrogen) atoms. The van der Waals surface area contributed by atoms with Crippen molar-refractivity contribution in [2.45, 2.75) is 77.2 Å². The van der Waals surface area contributed by atoms with Crippen LogP contribution in [0.2, 0.25) is 0 Å². The summed E-state index contributed by atoms with van der Waals surface area (Å²) in [6.45, 7) is 4.25. The molecular formula is C16H33NO. The van der Waals surface area contributed by atoms with Crippen LogP contribution in [0, 0.1) is 5.92 Å². The average Bonchev–Trinajstić information content (AvgIpc) is 2.42. The van der Waals surface area contributed by atoms with Crippen molar-refractivity contribution < 1.29 is 4.74 Å². The van der Waals surface area contributed by atoms with Gasteiger partial charge in [0.05, 0.1) is 0 Å². The second-order valence-corrected chi connectivity index (χ2v) is 5.83. The van der Waals surface area contributed by atoms with Crippen LogP contribution < -0.4 is 5.32 Å². The van der Waals surface area contributed by atoms with Gasteiger partial charge in [0.15, 0.2) is 0 Å². The van der Waals surface area contributed by atoms with Crippen LogP contribution in [0.15, 0.2) is 0 Å². The van der Waals surface area contributed by atoms with Gasteiger partial charge in [-0.05, 0) is 38.6 Å². The van der Waals surface area contributed by atoms with E-state index in [9.17, 15) is 0 Å². The third-order valence-electron chi connectivity index (χ3n) is 4.27. The third-order valence-corrected chi connectivity index (χ3v) is 4.27. The van der Waals surface area contributed by atoms with Crippen molar-refractivity contribution in [1.29, 1.82) is 0 Å². The second-order valence-electron chi connectivity index (χ2n) is 5.83. The van der Waals surface area contributed by atoms with E-state index in [-0.39, 0.29) is 0 Å². The molecule has 1 aliphatic rings. The molecule has 0 bridgehead atoms. The third kappa shape index (κ3) is 7.38. The zero-order valence-corrected chi connectivity index (χ0v) is 12.5. The molecule has 1 unspecified atom stereocenters. The molecule has 1 heterocycles. The van der Waals surface area contributed by atoms with E-state index >= 15 is 0 Å². The molecule has 1 saturated heterocycles. The van der Waals surface area contributed by atoms with Crippen LogP contribution in [0.1, 0.15) is 71.1 Å². The Morgan fingerprint density at radius 2 is 1.72 bits per heavy atom. The summed E-state index contributed by atoms with van der Waals surface area (Å²) in [5.74, 6) is 0.899. The molecule has 1 aliphatic heterocycles. The lowest BCUT2D eigenvalue weighted by atomic mass is 9.90. The molecule has 1 fully saturated rings. The predicted molar refractivity (Wildman–Crippen MR) is 79.0 cm³/mol.